The second-order valence-corrected chi connectivity index (χ2v) is 6.78. The minimum absolute atomic E-state index is 0.274. The number of hydrogen-bond donors (Lipinski definition) is 1. The Morgan fingerprint density at radius 1 is 1.30 bits per heavy atom. The zero-order valence-corrected chi connectivity index (χ0v) is 14.8. The Morgan fingerprint density at radius 3 is 2.52 bits per heavy atom. The summed E-state index contributed by atoms with van der Waals surface area (Å²) < 4.78 is 10.1. The molecule has 1 aromatic heterocycles. The minimum atomic E-state index is -0.390. The zero-order chi connectivity index (χ0) is 17.1. The molecule has 1 fully saturated rings. The van der Waals surface area contributed by atoms with E-state index in [4.69, 9.17) is 9.47 Å². The third-order valence-electron chi connectivity index (χ3n) is 3.36. The van der Waals surface area contributed by atoms with Gasteiger partial charge < -0.3 is 14.8 Å². The lowest BCUT2D eigenvalue weighted by atomic mass is 9.96. The van der Waals surface area contributed by atoms with Crippen LogP contribution in [0.2, 0.25) is 0 Å². The highest BCUT2D eigenvalue weighted by atomic mass is 16.6. The van der Waals surface area contributed by atoms with Crippen molar-refractivity contribution in [2.45, 2.75) is 71.1 Å². The molecule has 1 saturated carbocycles. The molecule has 0 aromatic carbocycles. The maximum absolute atomic E-state index is 11.4. The molecule has 0 bridgehead atoms. The van der Waals surface area contributed by atoms with Gasteiger partial charge in [-0.1, -0.05) is 25.3 Å². The number of pyridine rings is 1. The van der Waals surface area contributed by atoms with Crippen molar-refractivity contribution >= 4 is 6.09 Å². The van der Waals surface area contributed by atoms with Crippen molar-refractivity contribution in [3.05, 3.63) is 30.1 Å². The van der Waals surface area contributed by atoms with Gasteiger partial charge in [-0.3, -0.25) is 4.98 Å². The molecule has 130 valence electrons. The molecule has 0 radical (unpaired) electrons. The Kier molecular flexibility index (Phi) is 8.62. The first-order valence-corrected chi connectivity index (χ1v) is 8.28. The predicted octanol–water partition coefficient (Wildman–Crippen LogP) is 4.07. The van der Waals surface area contributed by atoms with E-state index in [0.29, 0.717) is 12.6 Å². The maximum Gasteiger partial charge on any atom is 0.407 e. The van der Waals surface area contributed by atoms with Crippen LogP contribution in [0.5, 0.6) is 0 Å². The van der Waals surface area contributed by atoms with E-state index >= 15 is 0 Å². The highest BCUT2D eigenvalue weighted by Gasteiger charge is 2.20. The molecule has 0 unspecified atom stereocenters. The Hall–Kier alpha value is -1.62. The number of rotatable bonds is 3. The van der Waals surface area contributed by atoms with E-state index in [1.165, 1.54) is 19.3 Å². The van der Waals surface area contributed by atoms with Crippen molar-refractivity contribution < 1.29 is 14.3 Å². The Bertz CT molecular complexity index is 437. The van der Waals surface area contributed by atoms with Crippen molar-refractivity contribution in [1.29, 1.82) is 0 Å². The Morgan fingerprint density at radius 2 is 2.00 bits per heavy atom. The van der Waals surface area contributed by atoms with Gasteiger partial charge in [-0.2, -0.15) is 0 Å². The average molecular weight is 322 g/mol. The van der Waals surface area contributed by atoms with Crippen molar-refractivity contribution in [3.8, 4) is 0 Å². The van der Waals surface area contributed by atoms with Crippen LogP contribution in [0.15, 0.2) is 24.5 Å². The normalized spacial score (nSPS) is 15.3. The third-order valence-corrected chi connectivity index (χ3v) is 3.36. The molecule has 1 aliphatic carbocycles. The quantitative estimate of drug-likeness (QED) is 0.911. The maximum atomic E-state index is 11.4. The topological polar surface area (TPSA) is 60.5 Å². The van der Waals surface area contributed by atoms with E-state index < -0.39 is 5.60 Å². The monoisotopic (exact) mass is 322 g/mol. The van der Waals surface area contributed by atoms with E-state index in [9.17, 15) is 4.79 Å². The van der Waals surface area contributed by atoms with Crippen LogP contribution in [-0.4, -0.2) is 29.8 Å². The number of alkyl carbamates (subject to hydrolysis) is 1. The molecule has 1 aliphatic rings. The molecular formula is C18H30N2O3. The van der Waals surface area contributed by atoms with E-state index in [2.05, 4.69) is 10.3 Å². The van der Waals surface area contributed by atoms with E-state index in [1.54, 1.807) is 19.5 Å². The first-order valence-electron chi connectivity index (χ1n) is 8.28. The largest absolute Gasteiger partial charge is 0.444 e. The molecule has 1 heterocycles. The fraction of sp³-hybridized carbons (Fsp3) is 0.667. The van der Waals surface area contributed by atoms with Crippen LogP contribution in [0.3, 0.4) is 0 Å². The second-order valence-electron chi connectivity index (χ2n) is 6.78. The van der Waals surface area contributed by atoms with Crippen LogP contribution in [-0.2, 0) is 16.1 Å². The Balaban J connectivity index is 0.000000253. The fourth-order valence-electron chi connectivity index (χ4n) is 2.37. The standard InChI is InChI=1S/C11H21NO2.C7H9NO/c1-11(2,3)14-10(13)12-9-7-5-4-6-8-9;1-9-6-7-3-2-4-8-5-7/h9H,4-8H2,1-3H3,(H,12,13);2-5H,6H2,1H3. The number of nitrogens with zero attached hydrogens (tertiary/aromatic N) is 1. The molecule has 1 aromatic rings. The van der Waals surface area contributed by atoms with Gasteiger partial charge in [0, 0.05) is 25.5 Å². The number of carbonyl (C=O) groups is 1. The summed E-state index contributed by atoms with van der Waals surface area (Å²) in [7, 11) is 1.67. The van der Waals surface area contributed by atoms with Crippen molar-refractivity contribution in [1.82, 2.24) is 10.3 Å². The lowest BCUT2D eigenvalue weighted by Crippen LogP contribution is -2.39. The summed E-state index contributed by atoms with van der Waals surface area (Å²) in [6.07, 6.45) is 9.21. The molecule has 1 N–H and O–H groups in total. The first kappa shape index (κ1) is 19.4. The van der Waals surface area contributed by atoms with Gasteiger partial charge in [-0.15, -0.1) is 0 Å². The molecule has 5 nitrogen and oxygen atoms in total. The molecular weight excluding hydrogens is 292 g/mol. The molecule has 23 heavy (non-hydrogen) atoms. The molecule has 2 rings (SSSR count). The molecule has 5 heteroatoms. The lowest BCUT2D eigenvalue weighted by molar-refractivity contribution is 0.0493. The van der Waals surface area contributed by atoms with Gasteiger partial charge in [0.05, 0.1) is 6.61 Å². The van der Waals surface area contributed by atoms with E-state index in [1.807, 2.05) is 32.9 Å². The number of nitrogens with one attached hydrogen (secondary N) is 1. The lowest BCUT2D eigenvalue weighted by Gasteiger charge is -2.25. The average Bonchev–Trinajstić information content (AvgIpc) is 2.48. The summed E-state index contributed by atoms with van der Waals surface area (Å²) in [5.41, 5.74) is 0.721. The number of ether oxygens (including phenoxy) is 2. The van der Waals surface area contributed by atoms with Crippen molar-refractivity contribution in [3.63, 3.8) is 0 Å². The van der Waals surface area contributed by atoms with Crippen LogP contribution < -0.4 is 5.32 Å². The van der Waals surface area contributed by atoms with Gasteiger partial charge in [-0.25, -0.2) is 4.79 Å². The molecule has 0 aliphatic heterocycles. The zero-order valence-electron chi connectivity index (χ0n) is 14.8. The molecule has 0 spiro atoms. The third kappa shape index (κ3) is 9.89. The number of amides is 1. The van der Waals surface area contributed by atoms with Gasteiger partial charge in [-0.05, 0) is 45.2 Å². The minimum Gasteiger partial charge on any atom is -0.444 e. The second kappa shape index (κ2) is 10.2. The Labute approximate surface area is 139 Å². The summed E-state index contributed by atoms with van der Waals surface area (Å²) in [4.78, 5) is 15.3. The summed E-state index contributed by atoms with van der Waals surface area (Å²) in [5, 5.41) is 2.91. The summed E-state index contributed by atoms with van der Waals surface area (Å²) >= 11 is 0. The summed E-state index contributed by atoms with van der Waals surface area (Å²) in [6.45, 7) is 6.29. The van der Waals surface area contributed by atoms with Gasteiger partial charge in [0.2, 0.25) is 0 Å². The van der Waals surface area contributed by atoms with Crippen molar-refractivity contribution in [2.24, 2.45) is 0 Å². The number of aromatic nitrogens is 1. The van der Waals surface area contributed by atoms with Crippen molar-refractivity contribution in [2.75, 3.05) is 7.11 Å². The molecule has 0 saturated heterocycles. The van der Waals surface area contributed by atoms with Gasteiger partial charge >= 0.3 is 6.09 Å². The molecule has 1 amide bonds. The number of carbonyl (C=O) groups excluding carboxylic acids is 1. The van der Waals surface area contributed by atoms with E-state index in [-0.39, 0.29) is 6.09 Å². The first-order chi connectivity index (χ1) is 10.9. The van der Waals surface area contributed by atoms with Gasteiger partial charge in [0.1, 0.15) is 5.60 Å². The van der Waals surface area contributed by atoms with Crippen LogP contribution in [0.25, 0.3) is 0 Å². The highest BCUT2D eigenvalue weighted by Crippen LogP contribution is 2.18. The van der Waals surface area contributed by atoms with Gasteiger partial charge in [0.25, 0.3) is 0 Å². The summed E-state index contributed by atoms with van der Waals surface area (Å²) in [5.74, 6) is 0. The fourth-order valence-corrected chi connectivity index (χ4v) is 2.37. The molecule has 0 atom stereocenters. The van der Waals surface area contributed by atoms with E-state index in [0.717, 1.165) is 18.4 Å². The van der Waals surface area contributed by atoms with Crippen LogP contribution in [0, 0.1) is 0 Å². The number of methoxy groups -OCH3 is 1. The van der Waals surface area contributed by atoms with Crippen LogP contribution in [0.4, 0.5) is 4.79 Å². The SMILES string of the molecule is CC(C)(C)OC(=O)NC1CCCCC1.COCc1cccnc1. The predicted molar refractivity (Wildman–Crippen MR) is 91.2 cm³/mol. The number of hydrogen-bond acceptors (Lipinski definition) is 4. The van der Waals surface area contributed by atoms with Crippen LogP contribution in [0.1, 0.15) is 58.4 Å². The van der Waals surface area contributed by atoms with Crippen LogP contribution >= 0.6 is 0 Å². The highest BCUT2D eigenvalue weighted by molar-refractivity contribution is 5.68. The smallest absolute Gasteiger partial charge is 0.407 e. The summed E-state index contributed by atoms with van der Waals surface area (Å²) in [6, 6.07) is 4.21. The van der Waals surface area contributed by atoms with Gasteiger partial charge in [0.15, 0.2) is 0 Å².